The van der Waals surface area contributed by atoms with Crippen LogP contribution in [0.2, 0.25) is 0 Å². The molecule has 0 spiro atoms. The molecule has 1 aromatic carbocycles. The van der Waals surface area contributed by atoms with E-state index >= 15 is 0 Å². The summed E-state index contributed by atoms with van der Waals surface area (Å²) in [7, 11) is 1.91. The number of ether oxygens (including phenoxy) is 2. The van der Waals surface area contributed by atoms with E-state index in [2.05, 4.69) is 47.3 Å². The first kappa shape index (κ1) is 22.1. The summed E-state index contributed by atoms with van der Waals surface area (Å²) in [4.78, 5) is 11.6. The molecule has 0 N–H and O–H groups in total. The summed E-state index contributed by atoms with van der Waals surface area (Å²) in [5.74, 6) is 1.50. The Labute approximate surface area is 199 Å². The molecule has 1 fully saturated rings. The fraction of sp³-hybridized carbons (Fsp3) is 0.360. The van der Waals surface area contributed by atoms with Crippen LogP contribution in [-0.2, 0) is 18.2 Å². The molecule has 4 heterocycles. The molecule has 5 rings (SSSR count). The van der Waals surface area contributed by atoms with Gasteiger partial charge in [-0.15, -0.1) is 0 Å². The third kappa shape index (κ3) is 4.94. The molecule has 4 aromatic rings. The molecule has 34 heavy (non-hydrogen) atoms. The van der Waals surface area contributed by atoms with Crippen molar-refractivity contribution >= 4 is 5.82 Å². The number of hydrogen-bond donors (Lipinski definition) is 0. The summed E-state index contributed by atoms with van der Waals surface area (Å²) in [6.07, 6.45) is 4.56. The van der Waals surface area contributed by atoms with Gasteiger partial charge in [-0.25, -0.2) is 4.68 Å². The van der Waals surface area contributed by atoms with Gasteiger partial charge in [0.1, 0.15) is 5.82 Å². The summed E-state index contributed by atoms with van der Waals surface area (Å²) in [5.41, 5.74) is 5.29. The van der Waals surface area contributed by atoms with Crippen molar-refractivity contribution in [3.8, 4) is 23.1 Å². The third-order valence-electron chi connectivity index (χ3n) is 5.81. The van der Waals surface area contributed by atoms with Gasteiger partial charge in [0.25, 0.3) is 0 Å². The first-order valence-electron chi connectivity index (χ1n) is 11.5. The number of nitrogens with zero attached hydrogens (tertiary/aromatic N) is 7. The van der Waals surface area contributed by atoms with Gasteiger partial charge in [-0.3, -0.25) is 4.68 Å². The van der Waals surface area contributed by atoms with Crippen LogP contribution in [0, 0.1) is 13.8 Å². The van der Waals surface area contributed by atoms with Crippen molar-refractivity contribution in [2.75, 3.05) is 37.8 Å². The molecule has 1 aliphatic rings. The van der Waals surface area contributed by atoms with Gasteiger partial charge in [-0.05, 0) is 31.5 Å². The topological polar surface area (TPSA) is 83.1 Å². The molecule has 0 bridgehead atoms. The first-order chi connectivity index (χ1) is 16.5. The predicted molar refractivity (Wildman–Crippen MR) is 130 cm³/mol. The maximum atomic E-state index is 6.00. The summed E-state index contributed by atoms with van der Waals surface area (Å²) in [5, 5.41) is 9.08. The molecule has 3 aromatic heterocycles. The minimum absolute atomic E-state index is 0.342. The smallest absolute Gasteiger partial charge is 0.320 e. The second-order valence-corrected chi connectivity index (χ2v) is 8.54. The molecule has 176 valence electrons. The number of hydrogen-bond acceptors (Lipinski definition) is 7. The summed E-state index contributed by atoms with van der Waals surface area (Å²) in [6.45, 7) is 7.48. The Morgan fingerprint density at radius 1 is 1.03 bits per heavy atom. The highest BCUT2D eigenvalue weighted by atomic mass is 16.5. The predicted octanol–water partition coefficient (Wildman–Crippen LogP) is 3.14. The molecule has 1 saturated heterocycles. The van der Waals surface area contributed by atoms with E-state index < -0.39 is 0 Å². The number of aryl methyl sites for hydroxylation is 3. The Kier molecular flexibility index (Phi) is 6.27. The molecule has 0 unspecified atom stereocenters. The maximum Gasteiger partial charge on any atom is 0.320 e. The van der Waals surface area contributed by atoms with E-state index in [1.54, 1.807) is 4.68 Å². The SMILES string of the molecule is Cc1cccc(-c2cc(C)n(-c3cc(N4CCOCC4)nc(OCCc4cnn(C)c4)n3)n2)c1. The average Bonchev–Trinajstić information content (AvgIpc) is 3.44. The van der Waals surface area contributed by atoms with Crippen molar-refractivity contribution in [3.63, 3.8) is 0 Å². The second kappa shape index (κ2) is 9.64. The van der Waals surface area contributed by atoms with Gasteiger partial charge in [-0.2, -0.15) is 20.2 Å². The molecule has 0 amide bonds. The fourth-order valence-electron chi connectivity index (χ4n) is 4.04. The van der Waals surface area contributed by atoms with Crippen LogP contribution in [0.3, 0.4) is 0 Å². The number of anilines is 1. The normalized spacial score (nSPS) is 13.9. The lowest BCUT2D eigenvalue weighted by molar-refractivity contribution is 0.122. The van der Waals surface area contributed by atoms with E-state index in [1.165, 1.54) is 5.56 Å². The largest absolute Gasteiger partial charge is 0.463 e. The Hall–Kier alpha value is -3.72. The highest BCUT2D eigenvalue weighted by Gasteiger charge is 2.18. The molecular formula is C25H29N7O2. The lowest BCUT2D eigenvalue weighted by atomic mass is 10.1. The van der Waals surface area contributed by atoms with E-state index in [-0.39, 0.29) is 0 Å². The van der Waals surface area contributed by atoms with Gasteiger partial charge in [-0.1, -0.05) is 23.8 Å². The van der Waals surface area contributed by atoms with Crippen molar-refractivity contribution in [1.29, 1.82) is 0 Å². The standard InChI is InChI=1S/C25H29N7O2/c1-18-5-4-6-21(13-18)22-14-19(2)32(29-22)24-15-23(31-8-11-33-12-9-31)27-25(28-24)34-10-7-20-16-26-30(3)17-20/h4-6,13-17H,7-12H2,1-3H3. The molecule has 0 aliphatic carbocycles. The zero-order valence-corrected chi connectivity index (χ0v) is 19.8. The van der Waals surface area contributed by atoms with Crippen LogP contribution < -0.4 is 9.64 Å². The van der Waals surface area contributed by atoms with Crippen LogP contribution in [0.4, 0.5) is 5.82 Å². The lowest BCUT2D eigenvalue weighted by Crippen LogP contribution is -2.37. The van der Waals surface area contributed by atoms with Crippen LogP contribution in [0.5, 0.6) is 6.01 Å². The van der Waals surface area contributed by atoms with E-state index in [1.807, 2.05) is 37.1 Å². The average molecular weight is 460 g/mol. The van der Waals surface area contributed by atoms with Crippen LogP contribution in [0.15, 0.2) is 48.8 Å². The number of morpholine rings is 1. The van der Waals surface area contributed by atoms with E-state index in [0.29, 0.717) is 31.6 Å². The van der Waals surface area contributed by atoms with Crippen molar-refractivity contribution in [1.82, 2.24) is 29.5 Å². The van der Waals surface area contributed by atoms with Gasteiger partial charge in [0.15, 0.2) is 5.82 Å². The summed E-state index contributed by atoms with van der Waals surface area (Å²) in [6, 6.07) is 12.7. The molecule has 0 saturated carbocycles. The van der Waals surface area contributed by atoms with Crippen LogP contribution >= 0.6 is 0 Å². The van der Waals surface area contributed by atoms with Crippen LogP contribution in [-0.4, -0.2) is 62.4 Å². The monoisotopic (exact) mass is 459 g/mol. The number of benzene rings is 1. The summed E-state index contributed by atoms with van der Waals surface area (Å²) >= 11 is 0. The van der Waals surface area contributed by atoms with Crippen molar-refractivity contribution in [2.24, 2.45) is 7.05 Å². The van der Waals surface area contributed by atoms with Gasteiger partial charge in [0.05, 0.1) is 31.7 Å². The molecule has 9 heteroatoms. The second-order valence-electron chi connectivity index (χ2n) is 8.54. The quantitative estimate of drug-likeness (QED) is 0.420. The van der Waals surface area contributed by atoms with Crippen molar-refractivity contribution in [2.45, 2.75) is 20.3 Å². The molecule has 1 aliphatic heterocycles. The highest BCUT2D eigenvalue weighted by molar-refractivity contribution is 5.61. The van der Waals surface area contributed by atoms with Gasteiger partial charge in [0.2, 0.25) is 0 Å². The minimum Gasteiger partial charge on any atom is -0.463 e. The van der Waals surface area contributed by atoms with E-state index in [4.69, 9.17) is 24.5 Å². The summed E-state index contributed by atoms with van der Waals surface area (Å²) < 4.78 is 15.2. The first-order valence-corrected chi connectivity index (χ1v) is 11.5. The van der Waals surface area contributed by atoms with E-state index in [9.17, 15) is 0 Å². The van der Waals surface area contributed by atoms with Crippen molar-refractivity contribution < 1.29 is 9.47 Å². The minimum atomic E-state index is 0.342. The third-order valence-corrected chi connectivity index (χ3v) is 5.81. The van der Waals surface area contributed by atoms with E-state index in [0.717, 1.165) is 47.8 Å². The number of aromatic nitrogens is 6. The number of rotatable bonds is 7. The lowest BCUT2D eigenvalue weighted by Gasteiger charge is -2.28. The van der Waals surface area contributed by atoms with Gasteiger partial charge >= 0.3 is 6.01 Å². The van der Waals surface area contributed by atoms with Gasteiger partial charge in [0, 0.05) is 50.1 Å². The Balaban J connectivity index is 1.45. The molecule has 0 atom stereocenters. The zero-order chi connectivity index (χ0) is 23.5. The maximum absolute atomic E-state index is 6.00. The molecular weight excluding hydrogens is 430 g/mol. The van der Waals surface area contributed by atoms with Crippen molar-refractivity contribution in [3.05, 3.63) is 65.6 Å². The Morgan fingerprint density at radius 3 is 2.62 bits per heavy atom. The zero-order valence-electron chi connectivity index (χ0n) is 19.8. The van der Waals surface area contributed by atoms with Gasteiger partial charge < -0.3 is 14.4 Å². The van der Waals surface area contributed by atoms with Crippen LogP contribution in [0.1, 0.15) is 16.8 Å². The molecule has 0 radical (unpaired) electrons. The highest BCUT2D eigenvalue weighted by Crippen LogP contribution is 2.25. The fourth-order valence-corrected chi connectivity index (χ4v) is 4.04. The molecule has 9 nitrogen and oxygen atoms in total. The van der Waals surface area contributed by atoms with Crippen LogP contribution in [0.25, 0.3) is 17.1 Å². The Morgan fingerprint density at radius 2 is 1.85 bits per heavy atom. The Bertz CT molecular complexity index is 1270.